The minimum atomic E-state index is -0.149. The fourth-order valence-electron chi connectivity index (χ4n) is 8.76. The van der Waals surface area contributed by atoms with E-state index in [0.29, 0.717) is 0 Å². The molecule has 0 saturated carbocycles. The lowest BCUT2D eigenvalue weighted by atomic mass is 10.00. The quantitative estimate of drug-likeness (QED) is 0.159. The molecular weight excluding hydrogens is 649 g/mol. The van der Waals surface area contributed by atoms with Crippen LogP contribution in [0.5, 0.6) is 0 Å². The van der Waals surface area contributed by atoms with Crippen LogP contribution in [0.3, 0.4) is 0 Å². The smallest absolute Gasteiger partial charge is 0.240 e. The summed E-state index contributed by atoms with van der Waals surface area (Å²) < 4.78 is 0. The van der Waals surface area contributed by atoms with E-state index in [0.717, 1.165) is 94.7 Å². The lowest BCUT2D eigenvalue weighted by Gasteiger charge is -2.33. The van der Waals surface area contributed by atoms with Gasteiger partial charge in [0.2, 0.25) is 11.8 Å². The third-order valence-corrected chi connectivity index (χ3v) is 11.1. The number of benzene rings is 3. The molecule has 10 nitrogen and oxygen atoms in total. The Morgan fingerprint density at radius 3 is 1.33 bits per heavy atom. The SMILES string of the molecule is CC(C)[C@@H](C(=O)N1CCC[C@H]1c1nc2ccc(-c3ccc(-c4ccc5nc([C@@H]6CCCN6C(=O)[C@H](C(C)C)N(C)C)[nH]c5c4)cc3)cc2[nH]1)N(C)C. The Balaban J connectivity index is 1.08. The number of hydrogen-bond acceptors (Lipinski definition) is 6. The van der Waals surface area contributed by atoms with Gasteiger partial charge in [0.25, 0.3) is 0 Å². The van der Waals surface area contributed by atoms with Crippen molar-refractivity contribution in [1.29, 1.82) is 0 Å². The van der Waals surface area contributed by atoms with Crippen molar-refractivity contribution in [3.8, 4) is 22.3 Å². The highest BCUT2D eigenvalue weighted by atomic mass is 16.2. The summed E-state index contributed by atoms with van der Waals surface area (Å²) in [6.07, 6.45) is 3.79. The standard InChI is InChI=1S/C42H54N8O2/c1-25(2)37(47(5)6)41(51)49-21-9-11-35(49)39-43-31-19-17-29(23-33(31)45-39)27-13-15-28(16-14-27)30-18-20-32-34(24-30)46-40(44-32)36-12-10-22-50(36)42(52)38(26(3)4)48(7)8/h13-20,23-26,35-38H,9-12,21-22H2,1-8H3,(H,43,45)(H,44,46)/t35-,36-,37-,38-/m0/s1. The predicted molar refractivity (Wildman–Crippen MR) is 209 cm³/mol. The van der Waals surface area contributed by atoms with Crippen LogP contribution in [0, 0.1) is 11.8 Å². The largest absolute Gasteiger partial charge is 0.340 e. The van der Waals surface area contributed by atoms with Crippen LogP contribution in [0.1, 0.15) is 77.1 Å². The van der Waals surface area contributed by atoms with E-state index < -0.39 is 0 Å². The molecule has 2 amide bonds. The topological polar surface area (TPSA) is 104 Å². The summed E-state index contributed by atoms with van der Waals surface area (Å²) in [6.45, 7) is 9.97. The zero-order valence-corrected chi connectivity index (χ0v) is 32.0. The molecule has 4 heterocycles. The number of aromatic nitrogens is 4. The van der Waals surface area contributed by atoms with Crippen LogP contribution in [0.15, 0.2) is 60.7 Å². The molecule has 2 N–H and O–H groups in total. The van der Waals surface area contributed by atoms with Crippen molar-refractivity contribution >= 4 is 33.9 Å². The maximum Gasteiger partial charge on any atom is 0.240 e. The van der Waals surface area contributed by atoms with Crippen molar-refractivity contribution in [3.05, 3.63) is 72.3 Å². The van der Waals surface area contributed by atoms with E-state index >= 15 is 0 Å². The van der Waals surface area contributed by atoms with Gasteiger partial charge in [0.05, 0.1) is 46.2 Å². The normalized spacial score (nSPS) is 19.3. The van der Waals surface area contributed by atoms with Crippen LogP contribution in [0.2, 0.25) is 0 Å². The number of H-pyrrole nitrogens is 2. The van der Waals surface area contributed by atoms with Gasteiger partial charge in [0.15, 0.2) is 0 Å². The van der Waals surface area contributed by atoms with E-state index in [-0.39, 0.29) is 47.8 Å². The fraction of sp³-hybridized carbons (Fsp3) is 0.476. The van der Waals surface area contributed by atoms with Gasteiger partial charge in [-0.25, -0.2) is 9.97 Å². The molecule has 52 heavy (non-hydrogen) atoms. The average Bonchev–Trinajstić information content (AvgIpc) is 3.92. The van der Waals surface area contributed by atoms with Crippen LogP contribution in [-0.4, -0.2) is 105 Å². The summed E-state index contributed by atoms with van der Waals surface area (Å²) in [5.41, 5.74) is 8.26. The zero-order valence-electron chi connectivity index (χ0n) is 32.0. The molecule has 2 aliphatic heterocycles. The van der Waals surface area contributed by atoms with Crippen molar-refractivity contribution < 1.29 is 9.59 Å². The molecule has 7 rings (SSSR count). The van der Waals surface area contributed by atoms with E-state index in [1.807, 2.05) is 47.8 Å². The van der Waals surface area contributed by atoms with E-state index in [1.165, 1.54) is 0 Å². The van der Waals surface area contributed by atoms with Crippen LogP contribution < -0.4 is 0 Å². The first kappa shape index (κ1) is 35.8. The highest BCUT2D eigenvalue weighted by Crippen LogP contribution is 2.36. The number of carbonyl (C=O) groups excluding carboxylic acids is 2. The van der Waals surface area contributed by atoms with Gasteiger partial charge in [0.1, 0.15) is 11.6 Å². The van der Waals surface area contributed by atoms with Crippen molar-refractivity contribution in [1.82, 2.24) is 39.5 Å². The molecular formula is C42H54N8O2. The molecule has 0 radical (unpaired) electrons. The maximum absolute atomic E-state index is 13.6. The Hall–Kier alpha value is -4.54. The minimum Gasteiger partial charge on any atom is -0.340 e. The van der Waals surface area contributed by atoms with Crippen molar-refractivity contribution in [2.45, 2.75) is 77.5 Å². The molecule has 3 aromatic carbocycles. The van der Waals surface area contributed by atoms with Gasteiger partial charge in [-0.15, -0.1) is 0 Å². The number of likely N-dealkylation sites (N-methyl/N-ethyl adjacent to an activating group) is 2. The Bertz CT molecular complexity index is 1900. The Morgan fingerprint density at radius 1 is 0.615 bits per heavy atom. The number of carbonyl (C=O) groups is 2. The second kappa shape index (κ2) is 14.5. The molecule has 0 bridgehead atoms. The summed E-state index contributed by atoms with van der Waals surface area (Å²) in [6, 6.07) is 21.0. The van der Waals surface area contributed by atoms with Gasteiger partial charge in [0, 0.05) is 13.1 Å². The predicted octanol–water partition coefficient (Wildman–Crippen LogP) is 7.27. The molecule has 2 aromatic heterocycles. The third kappa shape index (κ3) is 6.74. The highest BCUT2D eigenvalue weighted by molar-refractivity contribution is 5.86. The van der Waals surface area contributed by atoms with Gasteiger partial charge < -0.3 is 19.8 Å². The molecule has 2 aliphatic rings. The molecule has 4 atom stereocenters. The zero-order chi connectivity index (χ0) is 36.8. The van der Waals surface area contributed by atoms with Gasteiger partial charge in [-0.05, 0) is 112 Å². The molecule has 0 spiro atoms. The summed E-state index contributed by atoms with van der Waals surface area (Å²) in [4.78, 5) is 52.5. The van der Waals surface area contributed by atoms with Gasteiger partial charge >= 0.3 is 0 Å². The van der Waals surface area contributed by atoms with Crippen LogP contribution in [0.25, 0.3) is 44.3 Å². The first-order valence-corrected chi connectivity index (χ1v) is 18.9. The maximum atomic E-state index is 13.6. The van der Waals surface area contributed by atoms with Crippen LogP contribution in [-0.2, 0) is 9.59 Å². The lowest BCUT2D eigenvalue weighted by molar-refractivity contribution is -0.139. The summed E-state index contributed by atoms with van der Waals surface area (Å²) in [5, 5.41) is 0. The van der Waals surface area contributed by atoms with E-state index in [9.17, 15) is 9.59 Å². The van der Waals surface area contributed by atoms with Crippen molar-refractivity contribution in [2.75, 3.05) is 41.3 Å². The molecule has 10 heteroatoms. The van der Waals surface area contributed by atoms with E-state index in [4.69, 9.17) is 9.97 Å². The van der Waals surface area contributed by atoms with E-state index in [1.54, 1.807) is 0 Å². The lowest BCUT2D eigenvalue weighted by Crippen LogP contribution is -2.48. The first-order chi connectivity index (χ1) is 24.9. The number of nitrogens with zero attached hydrogens (tertiary/aromatic N) is 6. The second-order valence-electron chi connectivity index (χ2n) is 16.0. The van der Waals surface area contributed by atoms with Gasteiger partial charge in [-0.2, -0.15) is 0 Å². The number of rotatable bonds is 10. The summed E-state index contributed by atoms with van der Waals surface area (Å²) >= 11 is 0. The van der Waals surface area contributed by atoms with E-state index in [2.05, 4.69) is 98.3 Å². The fourth-order valence-corrected chi connectivity index (χ4v) is 8.76. The Labute approximate surface area is 307 Å². The molecule has 2 saturated heterocycles. The monoisotopic (exact) mass is 702 g/mol. The number of amides is 2. The number of hydrogen-bond donors (Lipinski definition) is 2. The third-order valence-electron chi connectivity index (χ3n) is 11.1. The highest BCUT2D eigenvalue weighted by Gasteiger charge is 2.39. The first-order valence-electron chi connectivity index (χ1n) is 18.9. The molecule has 274 valence electrons. The van der Waals surface area contributed by atoms with Crippen LogP contribution in [0.4, 0.5) is 0 Å². The number of nitrogens with one attached hydrogen (secondary N) is 2. The minimum absolute atomic E-state index is 0.0352. The molecule has 0 unspecified atom stereocenters. The number of fused-ring (bicyclic) bond motifs is 2. The van der Waals surface area contributed by atoms with Crippen molar-refractivity contribution in [2.24, 2.45) is 11.8 Å². The summed E-state index contributed by atoms with van der Waals surface area (Å²) in [5.74, 6) is 2.56. The molecule has 5 aromatic rings. The second-order valence-corrected chi connectivity index (χ2v) is 16.0. The number of likely N-dealkylation sites (tertiary alicyclic amines) is 2. The van der Waals surface area contributed by atoms with Crippen LogP contribution >= 0.6 is 0 Å². The molecule has 0 aliphatic carbocycles. The average molecular weight is 703 g/mol. The number of imidazole rings is 2. The Kier molecular flexibility index (Phi) is 9.97. The number of aromatic amines is 2. The summed E-state index contributed by atoms with van der Waals surface area (Å²) in [7, 11) is 7.95. The van der Waals surface area contributed by atoms with Gasteiger partial charge in [-0.3, -0.25) is 19.4 Å². The molecule has 2 fully saturated rings. The van der Waals surface area contributed by atoms with Gasteiger partial charge in [-0.1, -0.05) is 64.1 Å². The van der Waals surface area contributed by atoms with Crippen molar-refractivity contribution in [3.63, 3.8) is 0 Å². The Morgan fingerprint density at radius 2 is 0.981 bits per heavy atom.